The molecule has 6 heterocycles. The summed E-state index contributed by atoms with van der Waals surface area (Å²) in [4.78, 5) is 79.4. The molecule has 11 atom stereocenters. The van der Waals surface area contributed by atoms with Crippen LogP contribution >= 0.6 is 23.5 Å². The van der Waals surface area contributed by atoms with E-state index in [1.54, 1.807) is 13.8 Å². The van der Waals surface area contributed by atoms with Gasteiger partial charge in [0.2, 0.25) is 11.7 Å². The number of hydrogen-bond donors (Lipinski definition) is 5. The molecule has 6 N–H and O–H groups in total. The van der Waals surface area contributed by atoms with Gasteiger partial charge in [-0.25, -0.2) is 23.2 Å². The summed E-state index contributed by atoms with van der Waals surface area (Å²) in [5.41, 5.74) is 4.43. The predicted octanol–water partition coefficient (Wildman–Crippen LogP) is -3.63. The Hall–Kier alpha value is -3.33. The number of aliphatic hydroxyl groups is 2. The van der Waals surface area contributed by atoms with E-state index in [1.807, 2.05) is 0 Å². The number of nitrogens with zero attached hydrogens (tertiary/aromatic N) is 6. The maximum Gasteiger partial charge on any atom is 0.313 e. The van der Waals surface area contributed by atoms with Crippen LogP contribution in [0.1, 0.15) is 32.1 Å². The zero-order valence-electron chi connectivity index (χ0n) is 29.8. The van der Waals surface area contributed by atoms with Gasteiger partial charge in [-0.2, -0.15) is 0 Å². The third kappa shape index (κ3) is 8.73. The Morgan fingerprint density at radius 3 is 2.20 bits per heavy atom. The molecule has 2 aliphatic heterocycles. The number of hydrogen-bond acceptors (Lipinski definition) is 22. The lowest BCUT2D eigenvalue weighted by molar-refractivity contribution is -0.745. The molecule has 2 aliphatic rings. The maximum absolute atomic E-state index is 12.6. The maximum atomic E-state index is 12.6. The summed E-state index contributed by atoms with van der Waals surface area (Å²) in [5.74, 6) is -0.0397. The van der Waals surface area contributed by atoms with Gasteiger partial charge in [0.25, 0.3) is 40.5 Å². The number of anilines is 1. The summed E-state index contributed by atoms with van der Waals surface area (Å²) in [6.45, 7) is 2.64. The van der Waals surface area contributed by atoms with Crippen molar-refractivity contribution in [3.63, 3.8) is 0 Å². The summed E-state index contributed by atoms with van der Waals surface area (Å²) in [6.07, 6.45) is -9.29. The number of nitrogen functional groups attached to an aromatic ring is 1. The van der Waals surface area contributed by atoms with Crippen molar-refractivity contribution in [3.8, 4) is 0 Å². The summed E-state index contributed by atoms with van der Waals surface area (Å²) >= 11 is 0. The number of nitrogens with two attached hydrogens (primary N) is 1. The Morgan fingerprint density at radius 1 is 0.964 bits per heavy atom. The van der Waals surface area contributed by atoms with Gasteiger partial charge in [-0.05, 0) is 20.8 Å². The van der Waals surface area contributed by atoms with Crippen LogP contribution in [-0.4, -0.2) is 107 Å². The average molecular weight is 856 g/mol. The molecular weight excluding hydrogens is 819 g/mol. The Kier molecular flexibility index (Phi) is 11.9. The van der Waals surface area contributed by atoms with Crippen molar-refractivity contribution in [3.05, 3.63) is 39.2 Å². The Bertz CT molecular complexity index is 2370. The van der Waals surface area contributed by atoms with Crippen LogP contribution < -0.4 is 36.1 Å². The van der Waals surface area contributed by atoms with E-state index in [-0.39, 0.29) is 34.1 Å². The predicted molar refractivity (Wildman–Crippen MR) is 176 cm³/mol. The number of phosphoric ester groups is 2. The van der Waals surface area contributed by atoms with E-state index < -0.39 is 103 Å². The van der Waals surface area contributed by atoms with E-state index in [2.05, 4.69) is 42.6 Å². The van der Waals surface area contributed by atoms with Crippen molar-refractivity contribution in [2.24, 2.45) is 7.05 Å². The molecular formula is C26H36N9O18P3-2. The number of phosphoric acid groups is 3. The molecule has 4 aromatic heterocycles. The van der Waals surface area contributed by atoms with Gasteiger partial charge in [-0.1, -0.05) is 4.98 Å². The number of fused-ring (bicyclic) bond motifs is 2. The smallest absolute Gasteiger partial charge is 0.313 e. The van der Waals surface area contributed by atoms with Crippen LogP contribution in [0.3, 0.4) is 0 Å². The second-order valence-corrected chi connectivity index (χ2v) is 17.3. The summed E-state index contributed by atoms with van der Waals surface area (Å²) in [6, 6.07) is 0. The number of aryl methyl sites for hydroxylation is 2. The fourth-order valence-corrected chi connectivity index (χ4v) is 9.64. The van der Waals surface area contributed by atoms with Gasteiger partial charge >= 0.3 is 5.65 Å². The van der Waals surface area contributed by atoms with E-state index in [4.69, 9.17) is 24.7 Å². The highest BCUT2D eigenvalue weighted by Crippen LogP contribution is 2.63. The lowest BCUT2D eigenvalue weighted by Gasteiger charge is -2.35. The summed E-state index contributed by atoms with van der Waals surface area (Å²) < 4.78 is 81.1. The van der Waals surface area contributed by atoms with Crippen molar-refractivity contribution in [2.45, 2.75) is 76.0 Å². The average Bonchev–Trinajstić information content (AvgIpc) is 3.80. The number of aromatic amines is 2. The Labute approximate surface area is 313 Å². The molecule has 0 saturated carbocycles. The van der Waals surface area contributed by atoms with Gasteiger partial charge in [0.1, 0.15) is 42.4 Å². The van der Waals surface area contributed by atoms with E-state index in [0.29, 0.717) is 0 Å². The number of H-pyrrole nitrogens is 2. The quantitative estimate of drug-likeness (QED) is 0.0569. The van der Waals surface area contributed by atoms with Crippen LogP contribution in [0.2, 0.25) is 0 Å². The van der Waals surface area contributed by atoms with Gasteiger partial charge in [-0.15, -0.1) is 0 Å². The molecule has 0 amide bonds. The fourth-order valence-electron chi connectivity index (χ4n) is 6.25. The zero-order valence-corrected chi connectivity index (χ0v) is 32.5. The van der Waals surface area contributed by atoms with E-state index in [9.17, 15) is 48.2 Å². The molecule has 0 bridgehead atoms. The lowest BCUT2D eigenvalue weighted by atomic mass is 10.1. The second kappa shape index (κ2) is 15.8. The van der Waals surface area contributed by atoms with Crippen molar-refractivity contribution in [1.29, 1.82) is 0 Å². The molecule has 5 unspecified atom stereocenters. The molecule has 27 nitrogen and oxygen atoms in total. The van der Waals surface area contributed by atoms with Gasteiger partial charge in [0, 0.05) is 7.11 Å². The van der Waals surface area contributed by atoms with Crippen molar-refractivity contribution in [1.82, 2.24) is 34.1 Å². The van der Waals surface area contributed by atoms with Crippen molar-refractivity contribution in [2.75, 3.05) is 26.1 Å². The first-order valence-electron chi connectivity index (χ1n) is 16.3. The van der Waals surface area contributed by atoms with Crippen LogP contribution in [0.25, 0.3) is 22.3 Å². The third-order valence-electron chi connectivity index (χ3n) is 8.40. The Balaban J connectivity index is 1.09. The van der Waals surface area contributed by atoms with E-state index >= 15 is 0 Å². The van der Waals surface area contributed by atoms with Gasteiger partial charge < -0.3 is 63.6 Å². The fraction of sp³-hybridized carbons (Fsp3) is 0.615. The lowest BCUT2D eigenvalue weighted by Crippen LogP contribution is -2.46. The second-order valence-electron chi connectivity index (χ2n) is 12.8. The standard InChI is InChI=1S/C26H38N9O18P3/c1-10(2)49-19-13(51-24(17(19)37)34-8-28-14-20(34)29-11(3)30-22(14)38)7-48-55(42,43)53-56(44,45)52-54(40,41)47-6-12-18(46-5)16(36)25(50-12)35-9-33(4)15-21(35)31-26(27)32-23(15)39/h8-10,12-13,16-19,24-25,36-37H,6-7H2,1-5H3,(H6-,27,29,30,31,32,38,39,40,41,42,43,44,45)/p-2/t12-,13-,16?,17?,18+,19+,24-,25-/m1/s1. The number of aromatic nitrogens is 8. The number of aliphatic hydroxyl groups excluding tert-OH is 2. The molecule has 6 rings (SSSR count). The molecule has 4 aromatic rings. The minimum atomic E-state index is -6.33. The molecule has 0 spiro atoms. The first kappa shape index (κ1) is 42.3. The normalized spacial score (nSPS) is 28.9. The van der Waals surface area contributed by atoms with Crippen molar-refractivity contribution < 1.29 is 79.8 Å². The molecule has 0 aromatic carbocycles. The first-order valence-corrected chi connectivity index (χ1v) is 20.7. The summed E-state index contributed by atoms with van der Waals surface area (Å²) in [5, 5.41) is 22.0. The van der Waals surface area contributed by atoms with Crippen LogP contribution in [0.15, 0.2) is 22.2 Å². The Morgan fingerprint density at radius 2 is 1.59 bits per heavy atom. The van der Waals surface area contributed by atoms with Gasteiger partial charge in [0.15, 0.2) is 23.7 Å². The molecule has 310 valence electrons. The minimum Gasteiger partial charge on any atom is -0.756 e. The molecule has 0 aliphatic carbocycles. The molecule has 2 saturated heterocycles. The monoisotopic (exact) mass is 855 g/mol. The minimum absolute atomic E-state index is 0.0174. The van der Waals surface area contributed by atoms with Gasteiger partial charge in [0.05, 0.1) is 32.7 Å². The van der Waals surface area contributed by atoms with E-state index in [0.717, 1.165) is 13.4 Å². The number of rotatable bonds is 15. The molecule has 56 heavy (non-hydrogen) atoms. The van der Waals surface area contributed by atoms with Crippen molar-refractivity contribution >= 4 is 51.7 Å². The van der Waals surface area contributed by atoms with Crippen LogP contribution in [-0.2, 0) is 57.4 Å². The third-order valence-corrected chi connectivity index (χ3v) is 12.5. The number of nitrogens with one attached hydrogen (secondary N) is 2. The number of methoxy groups -OCH3 is 1. The first-order chi connectivity index (χ1) is 26.1. The highest BCUT2D eigenvalue weighted by molar-refractivity contribution is 7.65. The van der Waals surface area contributed by atoms with E-state index in [1.165, 1.54) is 34.0 Å². The molecule has 2 fully saturated rings. The zero-order chi connectivity index (χ0) is 41.1. The summed E-state index contributed by atoms with van der Waals surface area (Å²) in [7, 11) is -15.6. The number of ether oxygens (including phenoxy) is 4. The van der Waals surface area contributed by atoms with Crippen LogP contribution in [0.4, 0.5) is 5.95 Å². The molecule has 30 heteroatoms. The van der Waals surface area contributed by atoms with Crippen LogP contribution in [0.5, 0.6) is 0 Å². The van der Waals surface area contributed by atoms with Crippen LogP contribution in [0, 0.1) is 6.92 Å². The largest absolute Gasteiger partial charge is 0.756 e. The SMILES string of the molecule is CO[C@@H]1C(O)[C@H]([n+]2cn(C)c3c(=O)[nH]c(N)nc32)O[C@@H]1COP(=O)([O-])OP(=O)([O-])OP(=O)([O-])OC[C@H]1O[C@@H](n2cnc3c(=O)[nH]c(C)nc32)C(O)[C@H]1OC(C)C. The van der Waals surface area contributed by atoms with Gasteiger partial charge in [-0.3, -0.25) is 37.4 Å². The highest BCUT2D eigenvalue weighted by Gasteiger charge is 2.49. The molecule has 0 radical (unpaired) electrons. The number of imidazole rings is 2. The topological polar surface area (TPSA) is 379 Å². The highest BCUT2D eigenvalue weighted by atomic mass is 31.3.